The first-order chi connectivity index (χ1) is 10.0. The second kappa shape index (κ2) is 7.28. The van der Waals surface area contributed by atoms with E-state index in [0.717, 1.165) is 0 Å². The maximum atomic E-state index is 11.9. The Balaban J connectivity index is 2.70. The molecule has 0 aromatic heterocycles. The van der Waals surface area contributed by atoms with Crippen molar-refractivity contribution < 1.29 is 18.8 Å². The molecule has 0 aromatic rings. The third kappa shape index (κ3) is 5.80. The number of hydrogen-bond acceptors (Lipinski definition) is 4. The first kappa shape index (κ1) is 18.7. The third-order valence-electron chi connectivity index (χ3n) is 3.37. The Bertz CT molecular complexity index is 432. The van der Waals surface area contributed by atoms with Gasteiger partial charge in [0.15, 0.2) is 9.76 Å². The van der Waals surface area contributed by atoms with Crippen LogP contribution in [0.15, 0.2) is 12.7 Å². The molecular formula is C15H28N2O4Si. The van der Waals surface area contributed by atoms with Gasteiger partial charge < -0.3 is 14.5 Å². The molecule has 0 aliphatic carbocycles. The van der Waals surface area contributed by atoms with Crippen molar-refractivity contribution in [3.63, 3.8) is 0 Å². The van der Waals surface area contributed by atoms with Gasteiger partial charge in [0.1, 0.15) is 13.2 Å². The lowest BCUT2D eigenvalue weighted by atomic mass is 9.97. The maximum Gasteiger partial charge on any atom is 0.410 e. The molecule has 1 aliphatic heterocycles. The van der Waals surface area contributed by atoms with Gasteiger partial charge in [0, 0.05) is 6.54 Å². The van der Waals surface area contributed by atoms with E-state index in [2.05, 4.69) is 32.7 Å². The molecule has 0 saturated carbocycles. The minimum atomic E-state index is -0.765. The smallest absolute Gasteiger partial charge is 0.410 e. The van der Waals surface area contributed by atoms with Gasteiger partial charge in [0.2, 0.25) is 5.91 Å². The molecule has 0 bridgehead atoms. The van der Waals surface area contributed by atoms with Crippen molar-refractivity contribution in [1.82, 2.24) is 10.2 Å². The lowest BCUT2D eigenvalue weighted by Crippen LogP contribution is -2.63. The fraction of sp³-hybridized carbons (Fsp3) is 0.733. The fourth-order valence-corrected chi connectivity index (χ4v) is 3.01. The standard InChI is InChI=1S/C15H28N2O4Si/c1-7-8-20-13(19)17-9-11(16-12(18)10-17)15(5,6)21-22-14(2,3)4/h7,11H,1,8-10,22H2,2-6H3,(H,16,18)/t11-/m1/s1. The monoisotopic (exact) mass is 328 g/mol. The van der Waals surface area contributed by atoms with Crippen LogP contribution in [-0.4, -0.2) is 58.0 Å². The summed E-state index contributed by atoms with van der Waals surface area (Å²) in [5, 5.41) is 3.09. The van der Waals surface area contributed by atoms with Crippen LogP contribution < -0.4 is 5.32 Å². The molecule has 6 nitrogen and oxygen atoms in total. The van der Waals surface area contributed by atoms with E-state index < -0.39 is 21.5 Å². The summed E-state index contributed by atoms with van der Waals surface area (Å²) in [6.45, 7) is 14.4. The molecule has 0 radical (unpaired) electrons. The van der Waals surface area contributed by atoms with E-state index in [1.165, 1.54) is 11.0 Å². The molecule has 22 heavy (non-hydrogen) atoms. The predicted octanol–water partition coefficient (Wildman–Crippen LogP) is 1.21. The number of rotatable bonds is 5. The number of nitrogens with one attached hydrogen (secondary N) is 1. The molecule has 0 spiro atoms. The number of carbonyl (C=O) groups is 2. The van der Waals surface area contributed by atoms with Crippen molar-refractivity contribution >= 4 is 21.8 Å². The van der Waals surface area contributed by atoms with Gasteiger partial charge >= 0.3 is 6.09 Å². The molecule has 2 amide bonds. The summed E-state index contributed by atoms with van der Waals surface area (Å²) in [6.07, 6.45) is 1.00. The van der Waals surface area contributed by atoms with E-state index in [1.807, 2.05) is 13.8 Å². The Hall–Kier alpha value is -1.34. The van der Waals surface area contributed by atoms with E-state index in [1.54, 1.807) is 0 Å². The van der Waals surface area contributed by atoms with E-state index in [4.69, 9.17) is 9.16 Å². The Labute approximate surface area is 135 Å². The molecule has 1 rings (SSSR count). The van der Waals surface area contributed by atoms with Crippen LogP contribution in [0.5, 0.6) is 0 Å². The van der Waals surface area contributed by atoms with Crippen LogP contribution in [0.25, 0.3) is 0 Å². The summed E-state index contributed by atoms with van der Waals surface area (Å²) >= 11 is 0. The Kier molecular flexibility index (Phi) is 6.19. The van der Waals surface area contributed by atoms with Crippen LogP contribution in [0.3, 0.4) is 0 Å². The van der Waals surface area contributed by atoms with Crippen molar-refractivity contribution in [1.29, 1.82) is 0 Å². The van der Waals surface area contributed by atoms with Gasteiger partial charge in [-0.05, 0) is 18.9 Å². The molecule has 126 valence electrons. The van der Waals surface area contributed by atoms with Crippen molar-refractivity contribution in [3.05, 3.63) is 12.7 Å². The molecular weight excluding hydrogens is 300 g/mol. The average Bonchev–Trinajstić information content (AvgIpc) is 2.41. The minimum absolute atomic E-state index is 0.0132. The predicted molar refractivity (Wildman–Crippen MR) is 88.5 cm³/mol. The zero-order valence-electron chi connectivity index (χ0n) is 14.3. The van der Waals surface area contributed by atoms with Crippen molar-refractivity contribution in [2.45, 2.75) is 51.3 Å². The first-order valence-electron chi connectivity index (χ1n) is 7.51. The summed E-state index contributed by atoms with van der Waals surface area (Å²) in [5.41, 5.74) is -0.521. The number of hydrogen-bond donors (Lipinski definition) is 1. The van der Waals surface area contributed by atoms with Crippen molar-refractivity contribution in [2.75, 3.05) is 19.7 Å². The van der Waals surface area contributed by atoms with Gasteiger partial charge in [-0.1, -0.05) is 33.4 Å². The normalized spacial score (nSPS) is 20.1. The summed E-state index contributed by atoms with van der Waals surface area (Å²) in [7, 11) is -0.765. The molecule has 1 N–H and O–H groups in total. The van der Waals surface area contributed by atoms with Crippen molar-refractivity contribution in [2.24, 2.45) is 0 Å². The van der Waals surface area contributed by atoms with Crippen LogP contribution in [0.4, 0.5) is 4.79 Å². The molecule has 0 aromatic carbocycles. The average molecular weight is 328 g/mol. The molecule has 1 aliphatic rings. The van der Waals surface area contributed by atoms with E-state index in [0.29, 0.717) is 6.54 Å². The number of piperazine rings is 1. The van der Waals surface area contributed by atoms with E-state index >= 15 is 0 Å². The molecule has 1 fully saturated rings. The van der Waals surface area contributed by atoms with Crippen LogP contribution in [-0.2, 0) is 14.0 Å². The first-order valence-corrected chi connectivity index (χ1v) is 8.79. The summed E-state index contributed by atoms with van der Waals surface area (Å²) in [5.74, 6) is -0.194. The molecule has 7 heteroatoms. The number of ether oxygens (including phenoxy) is 1. The van der Waals surface area contributed by atoms with Gasteiger partial charge in [0.25, 0.3) is 0 Å². The van der Waals surface area contributed by atoms with Gasteiger partial charge in [-0.25, -0.2) is 4.79 Å². The van der Waals surface area contributed by atoms with Crippen LogP contribution in [0, 0.1) is 0 Å². The molecule has 0 unspecified atom stereocenters. The number of amides is 2. The Morgan fingerprint density at radius 2 is 2.09 bits per heavy atom. The molecule has 1 atom stereocenters. The maximum absolute atomic E-state index is 11.9. The zero-order valence-corrected chi connectivity index (χ0v) is 15.7. The highest BCUT2D eigenvalue weighted by molar-refractivity contribution is 6.31. The summed E-state index contributed by atoms with van der Waals surface area (Å²) < 4.78 is 11.1. The van der Waals surface area contributed by atoms with E-state index in [-0.39, 0.29) is 30.1 Å². The molecule has 1 heterocycles. The fourth-order valence-electron chi connectivity index (χ4n) is 2.00. The van der Waals surface area contributed by atoms with Crippen LogP contribution >= 0.6 is 0 Å². The van der Waals surface area contributed by atoms with Gasteiger partial charge in [-0.3, -0.25) is 9.69 Å². The Morgan fingerprint density at radius 3 is 2.64 bits per heavy atom. The largest absolute Gasteiger partial charge is 0.445 e. The second-order valence-electron chi connectivity index (χ2n) is 7.32. The van der Waals surface area contributed by atoms with Gasteiger partial charge in [-0.15, -0.1) is 0 Å². The zero-order chi connectivity index (χ0) is 17.0. The van der Waals surface area contributed by atoms with Gasteiger partial charge in [0.05, 0.1) is 11.6 Å². The van der Waals surface area contributed by atoms with Crippen LogP contribution in [0.1, 0.15) is 34.6 Å². The minimum Gasteiger partial charge on any atom is -0.445 e. The summed E-state index contributed by atoms with van der Waals surface area (Å²) in [4.78, 5) is 25.2. The highest BCUT2D eigenvalue weighted by Gasteiger charge is 2.39. The van der Waals surface area contributed by atoms with Gasteiger partial charge in [-0.2, -0.15) is 0 Å². The highest BCUT2D eigenvalue weighted by atomic mass is 28.2. The quantitative estimate of drug-likeness (QED) is 0.608. The lowest BCUT2D eigenvalue weighted by Gasteiger charge is -2.42. The Morgan fingerprint density at radius 1 is 1.45 bits per heavy atom. The highest BCUT2D eigenvalue weighted by Crippen LogP contribution is 2.26. The van der Waals surface area contributed by atoms with E-state index in [9.17, 15) is 9.59 Å². The number of nitrogens with zero attached hydrogens (tertiary/aromatic N) is 1. The van der Waals surface area contributed by atoms with Crippen molar-refractivity contribution in [3.8, 4) is 0 Å². The topological polar surface area (TPSA) is 67.9 Å². The molecule has 1 saturated heterocycles. The third-order valence-corrected chi connectivity index (χ3v) is 5.13. The van der Waals surface area contributed by atoms with Crippen LogP contribution in [0.2, 0.25) is 5.04 Å². The second-order valence-corrected chi connectivity index (χ2v) is 10.0. The number of carbonyl (C=O) groups excluding carboxylic acids is 2. The summed E-state index contributed by atoms with van der Waals surface area (Å²) in [6, 6.07) is -0.250. The lowest BCUT2D eigenvalue weighted by molar-refractivity contribution is -0.127. The SMILES string of the molecule is C=CCOC(=O)N1CC(=O)N[C@@H](C(C)(C)O[SiH2]C(C)(C)C)C1.